The molecule has 0 bridgehead atoms. The van der Waals surface area contributed by atoms with E-state index < -0.39 is 38.3 Å². The number of hydrogen-bond donors (Lipinski definition) is 1. The highest BCUT2D eigenvalue weighted by Gasteiger charge is 2.45. The number of benzene rings is 1. The van der Waals surface area contributed by atoms with Gasteiger partial charge in [0.15, 0.2) is 16.1 Å². The fraction of sp³-hybridized carbons (Fsp3) is 0.756. The number of aliphatic hydroxyl groups excluding tert-OH is 1. The van der Waals surface area contributed by atoms with Gasteiger partial charge < -0.3 is 24.1 Å². The zero-order chi connectivity index (χ0) is 39.5. The van der Waals surface area contributed by atoms with Crippen molar-refractivity contribution in [3.8, 4) is 0 Å². The van der Waals surface area contributed by atoms with Crippen LogP contribution >= 0.6 is 0 Å². The van der Waals surface area contributed by atoms with Crippen LogP contribution < -0.4 is 0 Å². The highest BCUT2D eigenvalue weighted by Crippen LogP contribution is 2.41. The molecule has 304 valence electrons. The van der Waals surface area contributed by atoms with Gasteiger partial charge in [0.2, 0.25) is 0 Å². The smallest absolute Gasteiger partial charge is 0.264 e. The SMILES string of the molecule is C=C(C[C@H](C)C[C@@H](CC[C@@H]1O[C@@H](CCC(OC)OC)CC1=C)OS(C)(=O)=O)[C@H](O)C[C@@H]1O[C@H](C[C@H](C)CC)[C@H](C)[C@H]1CS(=O)(=O)c1ccc(CC)cc1. The zero-order valence-electron chi connectivity index (χ0n) is 33.5. The fourth-order valence-corrected chi connectivity index (χ4v) is 10.3. The Balaban J connectivity index is 1.63. The van der Waals surface area contributed by atoms with Gasteiger partial charge in [-0.25, -0.2) is 8.42 Å². The van der Waals surface area contributed by atoms with Crippen LogP contribution in [0.5, 0.6) is 0 Å². The van der Waals surface area contributed by atoms with Crippen molar-refractivity contribution in [1.82, 2.24) is 0 Å². The van der Waals surface area contributed by atoms with Gasteiger partial charge in [-0.1, -0.05) is 66.3 Å². The summed E-state index contributed by atoms with van der Waals surface area (Å²) in [5, 5.41) is 11.5. The molecule has 2 saturated heterocycles. The van der Waals surface area contributed by atoms with Gasteiger partial charge in [-0.05, 0) is 98.0 Å². The summed E-state index contributed by atoms with van der Waals surface area (Å²) in [4.78, 5) is 0.307. The summed E-state index contributed by atoms with van der Waals surface area (Å²) in [6, 6.07) is 7.11. The Labute approximate surface area is 321 Å². The maximum atomic E-state index is 13.7. The topological polar surface area (TPSA) is 135 Å². The van der Waals surface area contributed by atoms with Gasteiger partial charge in [-0.3, -0.25) is 4.18 Å². The number of ether oxygens (including phenoxy) is 4. The Morgan fingerprint density at radius 3 is 2.21 bits per heavy atom. The maximum Gasteiger partial charge on any atom is 0.264 e. The van der Waals surface area contributed by atoms with E-state index in [1.807, 2.05) is 26.0 Å². The second kappa shape index (κ2) is 21.0. The molecule has 0 saturated carbocycles. The number of aryl methyl sites for hydroxylation is 1. The van der Waals surface area contributed by atoms with Crippen LogP contribution in [0.4, 0.5) is 0 Å². The molecule has 3 rings (SSSR count). The van der Waals surface area contributed by atoms with Gasteiger partial charge in [0.1, 0.15) is 0 Å². The first kappa shape index (κ1) is 45.7. The molecule has 0 aliphatic carbocycles. The molecule has 2 heterocycles. The average molecular weight is 785 g/mol. The molecule has 0 unspecified atom stereocenters. The van der Waals surface area contributed by atoms with E-state index in [2.05, 4.69) is 33.9 Å². The van der Waals surface area contributed by atoms with Crippen molar-refractivity contribution >= 4 is 20.0 Å². The van der Waals surface area contributed by atoms with E-state index in [9.17, 15) is 21.9 Å². The third-order valence-electron chi connectivity index (χ3n) is 11.3. The molecular formula is C41H68O10S2. The van der Waals surface area contributed by atoms with E-state index in [0.29, 0.717) is 48.5 Å². The van der Waals surface area contributed by atoms with E-state index >= 15 is 0 Å². The lowest BCUT2D eigenvalue weighted by molar-refractivity contribution is -0.112. The van der Waals surface area contributed by atoms with Crippen molar-refractivity contribution in [1.29, 1.82) is 0 Å². The van der Waals surface area contributed by atoms with E-state index in [1.165, 1.54) is 0 Å². The summed E-state index contributed by atoms with van der Waals surface area (Å²) in [6.07, 6.45) is 5.55. The molecule has 2 aliphatic heterocycles. The number of hydrogen-bond acceptors (Lipinski definition) is 10. The standard InChI is InChI=1S/C41H68O10S2/c1-11-27(3)23-39-31(7)36(26-53(45,46)35-17-13-32(12-2)14-18-35)40(50-39)25-37(42)29(5)21-28(4)22-34(51-52(10,43)44)15-19-38-30(6)24-33(49-38)16-20-41(47-8)48-9/h13-14,17-18,27-28,31,33-34,36-42H,5-6,11-12,15-16,19-26H2,1-4,7-10H3/t27-,28+,31-,33+,34-,36-,37-,38+,39-,40+/m1/s1. The van der Waals surface area contributed by atoms with Crippen LogP contribution in [0.3, 0.4) is 0 Å². The molecule has 2 fully saturated rings. The van der Waals surface area contributed by atoms with Crippen molar-refractivity contribution < 1.29 is 45.1 Å². The van der Waals surface area contributed by atoms with Crippen molar-refractivity contribution in [3.63, 3.8) is 0 Å². The molecule has 0 aromatic heterocycles. The lowest BCUT2D eigenvalue weighted by Gasteiger charge is -2.26. The zero-order valence-corrected chi connectivity index (χ0v) is 35.1. The van der Waals surface area contributed by atoms with Gasteiger partial charge >= 0.3 is 0 Å². The van der Waals surface area contributed by atoms with Crippen molar-refractivity contribution in [2.24, 2.45) is 23.7 Å². The molecule has 1 aromatic carbocycles. The highest BCUT2D eigenvalue weighted by atomic mass is 32.2. The predicted molar refractivity (Wildman–Crippen MR) is 210 cm³/mol. The summed E-state index contributed by atoms with van der Waals surface area (Å²) >= 11 is 0. The van der Waals surface area contributed by atoms with Gasteiger partial charge in [0.25, 0.3) is 10.1 Å². The van der Waals surface area contributed by atoms with Crippen molar-refractivity contribution in [2.45, 2.75) is 153 Å². The third-order valence-corrected chi connectivity index (χ3v) is 13.8. The van der Waals surface area contributed by atoms with Crippen LogP contribution in [0.25, 0.3) is 0 Å². The monoisotopic (exact) mass is 784 g/mol. The van der Waals surface area contributed by atoms with Crippen LogP contribution in [-0.2, 0) is 49.5 Å². The maximum absolute atomic E-state index is 13.7. The molecule has 12 heteroatoms. The van der Waals surface area contributed by atoms with Crippen LogP contribution in [0.15, 0.2) is 53.5 Å². The first-order chi connectivity index (χ1) is 24.9. The predicted octanol–water partition coefficient (Wildman–Crippen LogP) is 7.44. The van der Waals surface area contributed by atoms with Gasteiger partial charge in [0, 0.05) is 33.0 Å². The fourth-order valence-electron chi connectivity index (χ4n) is 7.86. The second-order valence-corrected chi connectivity index (χ2v) is 19.4. The molecule has 0 radical (unpaired) electrons. The van der Waals surface area contributed by atoms with Crippen LogP contribution in [-0.4, -0.2) is 91.1 Å². The third kappa shape index (κ3) is 14.4. The Kier molecular flexibility index (Phi) is 18.2. The normalized spacial score (nSPS) is 26.2. The minimum atomic E-state index is -3.72. The van der Waals surface area contributed by atoms with Crippen molar-refractivity contribution in [2.75, 3.05) is 26.2 Å². The molecule has 1 aromatic rings. The molecule has 0 spiro atoms. The van der Waals surface area contributed by atoms with Gasteiger partial charge in [0.05, 0.1) is 53.5 Å². The highest BCUT2D eigenvalue weighted by molar-refractivity contribution is 7.91. The van der Waals surface area contributed by atoms with Crippen LogP contribution in [0.2, 0.25) is 0 Å². The summed E-state index contributed by atoms with van der Waals surface area (Å²) in [7, 11) is -4.09. The Bertz CT molecular complexity index is 1510. The molecule has 1 N–H and O–H groups in total. The molecule has 2 aliphatic rings. The number of aliphatic hydroxyl groups is 1. The first-order valence-corrected chi connectivity index (χ1v) is 23.0. The lowest BCUT2D eigenvalue weighted by Crippen LogP contribution is -2.31. The first-order valence-electron chi connectivity index (χ1n) is 19.5. The minimum absolute atomic E-state index is 0.00233. The van der Waals surface area contributed by atoms with E-state index in [4.69, 9.17) is 23.1 Å². The van der Waals surface area contributed by atoms with E-state index in [0.717, 1.165) is 49.5 Å². The summed E-state index contributed by atoms with van der Waals surface area (Å²) in [6.45, 7) is 18.9. The molecule has 0 amide bonds. The quantitative estimate of drug-likeness (QED) is 0.0641. The van der Waals surface area contributed by atoms with Crippen molar-refractivity contribution in [3.05, 3.63) is 54.1 Å². The van der Waals surface area contributed by atoms with Gasteiger partial charge in [-0.2, -0.15) is 8.42 Å². The Morgan fingerprint density at radius 2 is 1.62 bits per heavy atom. The van der Waals surface area contributed by atoms with Crippen LogP contribution in [0, 0.1) is 23.7 Å². The summed E-state index contributed by atoms with van der Waals surface area (Å²) in [5.74, 6) is 0.0242. The average Bonchev–Trinajstić information content (AvgIpc) is 3.59. The lowest BCUT2D eigenvalue weighted by atomic mass is 9.83. The molecule has 53 heavy (non-hydrogen) atoms. The Morgan fingerprint density at radius 1 is 0.962 bits per heavy atom. The molecular weight excluding hydrogens is 717 g/mol. The summed E-state index contributed by atoms with van der Waals surface area (Å²) in [5.41, 5.74) is 2.67. The summed E-state index contributed by atoms with van der Waals surface area (Å²) < 4.78 is 80.8. The minimum Gasteiger partial charge on any atom is -0.389 e. The Hall–Kier alpha value is -1.64. The number of rotatable bonds is 24. The molecule has 10 atom stereocenters. The number of methoxy groups -OCH3 is 2. The van der Waals surface area contributed by atoms with E-state index in [-0.39, 0.29) is 54.5 Å². The number of sulfone groups is 1. The second-order valence-electron chi connectivity index (χ2n) is 15.8. The van der Waals surface area contributed by atoms with Crippen LogP contribution in [0.1, 0.15) is 104 Å². The largest absolute Gasteiger partial charge is 0.389 e. The van der Waals surface area contributed by atoms with E-state index in [1.54, 1.807) is 26.4 Å². The van der Waals surface area contributed by atoms with Gasteiger partial charge in [-0.15, -0.1) is 0 Å². The molecule has 10 nitrogen and oxygen atoms in total.